The summed E-state index contributed by atoms with van der Waals surface area (Å²) in [5.41, 5.74) is 0. The van der Waals surface area contributed by atoms with Gasteiger partial charge in [0.25, 0.3) is 0 Å². The number of carbonyl (C=O) groups is 1. The average Bonchev–Trinajstić information content (AvgIpc) is 2.29. The fraction of sp³-hybridized carbons (Fsp3) is 0.833. The number of fused-ring (bicyclic) bond motifs is 1. The predicted molar refractivity (Wildman–Crippen MR) is 56.5 cm³/mol. The molecular formula is C12H18N2O. The van der Waals surface area contributed by atoms with Crippen LogP contribution in [0, 0.1) is 29.2 Å². The molecule has 1 N–H and O–H groups in total. The Morgan fingerprint density at radius 2 is 1.87 bits per heavy atom. The second-order valence-electron chi connectivity index (χ2n) is 4.92. The number of nitrogens with zero attached hydrogens (tertiary/aromatic N) is 1. The Hall–Kier alpha value is -1.04. The summed E-state index contributed by atoms with van der Waals surface area (Å²) in [5, 5.41) is 10.7. The van der Waals surface area contributed by atoms with Crippen molar-refractivity contribution < 1.29 is 4.79 Å². The van der Waals surface area contributed by atoms with Crippen molar-refractivity contribution in [3.63, 3.8) is 0 Å². The van der Waals surface area contributed by atoms with E-state index in [1.807, 2.05) is 0 Å². The molecule has 0 aromatic heterocycles. The molecule has 2 rings (SSSR count). The Labute approximate surface area is 90.8 Å². The summed E-state index contributed by atoms with van der Waals surface area (Å²) in [5.74, 6) is 1.66. The van der Waals surface area contributed by atoms with Crippen molar-refractivity contribution in [1.82, 2.24) is 5.32 Å². The number of rotatable bonds is 1. The Kier molecular flexibility index (Phi) is 3.25. The molecule has 15 heavy (non-hydrogen) atoms. The zero-order valence-corrected chi connectivity index (χ0v) is 9.04. The van der Waals surface area contributed by atoms with E-state index in [0.29, 0.717) is 0 Å². The summed E-state index contributed by atoms with van der Waals surface area (Å²) in [6.45, 7) is 0. The van der Waals surface area contributed by atoms with Crippen LogP contribution in [0.4, 0.5) is 0 Å². The van der Waals surface area contributed by atoms with Crippen molar-refractivity contribution in [3.8, 4) is 6.19 Å². The minimum Gasteiger partial charge on any atom is -0.274 e. The van der Waals surface area contributed by atoms with Crippen LogP contribution >= 0.6 is 0 Å². The van der Waals surface area contributed by atoms with E-state index in [1.54, 1.807) is 6.19 Å². The highest BCUT2D eigenvalue weighted by atomic mass is 16.1. The molecule has 0 heterocycles. The molecule has 3 heteroatoms. The lowest BCUT2D eigenvalue weighted by Crippen LogP contribution is -2.35. The first-order valence-corrected chi connectivity index (χ1v) is 6.00. The minimum absolute atomic E-state index is 0.0541. The van der Waals surface area contributed by atoms with Crippen LogP contribution in [0.2, 0.25) is 0 Å². The van der Waals surface area contributed by atoms with E-state index in [4.69, 9.17) is 5.26 Å². The molecule has 2 saturated carbocycles. The van der Waals surface area contributed by atoms with Crippen molar-refractivity contribution in [1.29, 1.82) is 5.26 Å². The first-order chi connectivity index (χ1) is 7.31. The normalized spacial score (nSPS) is 35.0. The lowest BCUT2D eigenvalue weighted by molar-refractivity contribution is -0.126. The Balaban J connectivity index is 1.91. The molecule has 1 amide bonds. The topological polar surface area (TPSA) is 52.9 Å². The third-order valence-electron chi connectivity index (χ3n) is 4.09. The van der Waals surface area contributed by atoms with Crippen LogP contribution in [0.15, 0.2) is 0 Å². The number of hydrogen-bond donors (Lipinski definition) is 1. The highest BCUT2D eigenvalue weighted by molar-refractivity contribution is 5.80. The van der Waals surface area contributed by atoms with Crippen molar-refractivity contribution in [2.75, 3.05) is 0 Å². The van der Waals surface area contributed by atoms with Gasteiger partial charge in [0.2, 0.25) is 5.91 Å². The van der Waals surface area contributed by atoms with E-state index in [-0.39, 0.29) is 11.8 Å². The number of amides is 1. The highest BCUT2D eigenvalue weighted by Gasteiger charge is 2.34. The lowest BCUT2D eigenvalue weighted by Gasteiger charge is -2.38. The maximum Gasteiger partial charge on any atom is 0.236 e. The second-order valence-corrected chi connectivity index (χ2v) is 4.92. The van der Waals surface area contributed by atoms with Crippen LogP contribution in [0.25, 0.3) is 0 Å². The van der Waals surface area contributed by atoms with Crippen LogP contribution in [0.1, 0.15) is 44.9 Å². The fourth-order valence-corrected chi connectivity index (χ4v) is 3.27. The molecule has 0 aromatic carbocycles. The summed E-state index contributed by atoms with van der Waals surface area (Å²) in [6, 6.07) is 0. The van der Waals surface area contributed by atoms with Gasteiger partial charge in [0.15, 0.2) is 6.19 Å². The molecule has 0 saturated heterocycles. The Bertz CT molecular complexity index is 282. The monoisotopic (exact) mass is 206 g/mol. The molecule has 0 aromatic rings. The largest absolute Gasteiger partial charge is 0.274 e. The molecule has 2 aliphatic rings. The van der Waals surface area contributed by atoms with E-state index in [1.165, 1.54) is 32.1 Å². The van der Waals surface area contributed by atoms with Gasteiger partial charge in [-0.05, 0) is 31.1 Å². The van der Waals surface area contributed by atoms with Gasteiger partial charge in [-0.2, -0.15) is 5.26 Å². The van der Waals surface area contributed by atoms with Gasteiger partial charge >= 0.3 is 0 Å². The second kappa shape index (κ2) is 4.65. The van der Waals surface area contributed by atoms with Gasteiger partial charge < -0.3 is 0 Å². The van der Waals surface area contributed by atoms with Crippen LogP contribution in [-0.4, -0.2) is 5.91 Å². The number of nitrogens with one attached hydrogen (secondary N) is 1. The molecule has 0 radical (unpaired) electrons. The molecule has 0 bridgehead atoms. The zero-order valence-electron chi connectivity index (χ0n) is 9.04. The van der Waals surface area contributed by atoms with Crippen molar-refractivity contribution in [2.24, 2.45) is 17.8 Å². The first kappa shape index (κ1) is 10.5. The highest BCUT2D eigenvalue weighted by Crippen LogP contribution is 2.42. The van der Waals surface area contributed by atoms with Gasteiger partial charge in [-0.1, -0.05) is 25.7 Å². The van der Waals surface area contributed by atoms with Crippen LogP contribution in [0.3, 0.4) is 0 Å². The van der Waals surface area contributed by atoms with E-state index in [0.717, 1.165) is 24.7 Å². The summed E-state index contributed by atoms with van der Waals surface area (Å²) in [6.07, 6.45) is 10.3. The molecule has 3 unspecified atom stereocenters. The number of nitriles is 1. The molecule has 3 nitrogen and oxygen atoms in total. The van der Waals surface area contributed by atoms with Crippen LogP contribution in [0.5, 0.6) is 0 Å². The van der Waals surface area contributed by atoms with Crippen LogP contribution in [-0.2, 0) is 4.79 Å². The van der Waals surface area contributed by atoms with Gasteiger partial charge in [-0.25, -0.2) is 0 Å². The van der Waals surface area contributed by atoms with Gasteiger partial charge in [0.05, 0.1) is 0 Å². The van der Waals surface area contributed by atoms with Crippen molar-refractivity contribution in [2.45, 2.75) is 44.9 Å². The maximum absolute atomic E-state index is 11.5. The zero-order chi connectivity index (χ0) is 10.7. The Morgan fingerprint density at radius 1 is 1.13 bits per heavy atom. The molecule has 2 fully saturated rings. The van der Waals surface area contributed by atoms with Crippen molar-refractivity contribution >= 4 is 5.91 Å². The van der Waals surface area contributed by atoms with E-state index >= 15 is 0 Å². The number of hydrogen-bond acceptors (Lipinski definition) is 2. The predicted octanol–water partition coefficient (Wildman–Crippen LogP) is 2.19. The lowest BCUT2D eigenvalue weighted by atomic mass is 9.67. The maximum atomic E-state index is 11.5. The molecular weight excluding hydrogens is 188 g/mol. The third kappa shape index (κ3) is 2.31. The average molecular weight is 206 g/mol. The van der Waals surface area contributed by atoms with Gasteiger partial charge in [-0.3, -0.25) is 10.1 Å². The Morgan fingerprint density at radius 3 is 2.60 bits per heavy atom. The third-order valence-corrected chi connectivity index (χ3v) is 4.09. The van der Waals surface area contributed by atoms with Gasteiger partial charge in [0.1, 0.15) is 0 Å². The molecule has 82 valence electrons. The van der Waals surface area contributed by atoms with E-state index < -0.39 is 0 Å². The smallest absolute Gasteiger partial charge is 0.236 e. The molecule has 0 spiro atoms. The van der Waals surface area contributed by atoms with E-state index in [9.17, 15) is 4.79 Å². The molecule has 2 aliphatic carbocycles. The van der Waals surface area contributed by atoms with Gasteiger partial charge in [-0.15, -0.1) is 0 Å². The molecule has 0 aliphatic heterocycles. The van der Waals surface area contributed by atoms with Gasteiger partial charge in [0, 0.05) is 5.92 Å². The fourth-order valence-electron chi connectivity index (χ4n) is 3.27. The summed E-state index contributed by atoms with van der Waals surface area (Å²) in [4.78, 5) is 11.5. The van der Waals surface area contributed by atoms with E-state index in [2.05, 4.69) is 5.32 Å². The first-order valence-electron chi connectivity index (χ1n) is 6.00. The molecule has 3 atom stereocenters. The summed E-state index contributed by atoms with van der Waals surface area (Å²) >= 11 is 0. The van der Waals surface area contributed by atoms with Crippen molar-refractivity contribution in [3.05, 3.63) is 0 Å². The summed E-state index contributed by atoms with van der Waals surface area (Å²) < 4.78 is 0. The minimum atomic E-state index is -0.0541. The standard InChI is InChI=1S/C12H18N2O/c13-8-14-12(15)11-6-5-9-3-1-2-4-10(9)7-11/h9-11H,1-7H2,(H,14,15). The van der Waals surface area contributed by atoms with Crippen LogP contribution < -0.4 is 5.32 Å². The summed E-state index contributed by atoms with van der Waals surface area (Å²) in [7, 11) is 0. The SMILES string of the molecule is N#CNC(=O)C1CCC2CCCCC2C1. The number of carbonyl (C=O) groups excluding carboxylic acids is 1. The quantitative estimate of drug-likeness (QED) is 0.528.